The Hall–Kier alpha value is -2.33. The Labute approximate surface area is 178 Å². The quantitative estimate of drug-likeness (QED) is 0.677. The Morgan fingerprint density at radius 3 is 2.28 bits per heavy atom. The van der Waals surface area contributed by atoms with Gasteiger partial charge in [0.25, 0.3) is 0 Å². The zero-order valence-electron chi connectivity index (χ0n) is 17.1. The smallest absolute Gasteiger partial charge is 0.227 e. The number of halogens is 1. The van der Waals surface area contributed by atoms with E-state index in [0.717, 1.165) is 62.0 Å². The molecular formula is C24H29ClN2O2. The summed E-state index contributed by atoms with van der Waals surface area (Å²) in [5.74, 6) is 0.155. The second-order valence-electron chi connectivity index (χ2n) is 7.69. The molecule has 0 fully saturated rings. The summed E-state index contributed by atoms with van der Waals surface area (Å²) in [6, 6.07) is 15.4. The molecule has 0 bridgehead atoms. The highest BCUT2D eigenvalue weighted by Gasteiger charge is 2.20. The Balaban J connectivity index is 1.84. The molecule has 1 heterocycles. The first-order valence-corrected chi connectivity index (χ1v) is 10.8. The minimum absolute atomic E-state index is 0.0496. The van der Waals surface area contributed by atoms with Gasteiger partial charge in [-0.05, 0) is 42.2 Å². The zero-order chi connectivity index (χ0) is 20.6. The summed E-state index contributed by atoms with van der Waals surface area (Å²) in [4.78, 5) is 29.2. The number of carbonyl (C=O) groups excluding carboxylic acids is 2. The molecule has 2 aromatic carbocycles. The molecule has 0 aromatic heterocycles. The van der Waals surface area contributed by atoms with Gasteiger partial charge >= 0.3 is 0 Å². The Kier molecular flexibility index (Phi) is 7.70. The van der Waals surface area contributed by atoms with Crippen molar-refractivity contribution in [1.82, 2.24) is 4.90 Å². The number of para-hydroxylation sites is 1. The average Bonchev–Trinajstić information content (AvgIpc) is 2.70. The molecule has 3 rings (SSSR count). The number of anilines is 1. The average molecular weight is 413 g/mol. The maximum Gasteiger partial charge on any atom is 0.227 e. The molecule has 2 aromatic rings. The minimum Gasteiger partial charge on any atom is -0.338 e. The van der Waals surface area contributed by atoms with E-state index in [1.807, 2.05) is 58.3 Å². The van der Waals surface area contributed by atoms with Gasteiger partial charge in [-0.25, -0.2) is 0 Å². The first-order chi connectivity index (χ1) is 14.0. The largest absolute Gasteiger partial charge is 0.338 e. The summed E-state index contributed by atoms with van der Waals surface area (Å²) >= 11 is 5.97. The maximum absolute atomic E-state index is 13.1. The highest BCUT2D eigenvalue weighted by atomic mass is 35.5. The molecule has 29 heavy (non-hydrogen) atoms. The van der Waals surface area contributed by atoms with Gasteiger partial charge < -0.3 is 9.80 Å². The number of nitrogens with zero attached hydrogens (tertiary/aromatic N) is 2. The third-order valence-electron chi connectivity index (χ3n) is 5.45. The fourth-order valence-corrected chi connectivity index (χ4v) is 3.97. The molecule has 0 N–H and O–H groups in total. The number of fused-ring (bicyclic) bond motifs is 1. The van der Waals surface area contributed by atoms with Crippen LogP contribution >= 0.6 is 11.6 Å². The fraction of sp³-hybridized carbons (Fsp3) is 0.417. The van der Waals surface area contributed by atoms with Crippen LogP contribution in [-0.2, 0) is 22.6 Å². The van der Waals surface area contributed by atoms with Gasteiger partial charge in [-0.1, -0.05) is 61.2 Å². The number of rotatable bonds is 2. The predicted octanol–water partition coefficient (Wildman–Crippen LogP) is 5.23. The summed E-state index contributed by atoms with van der Waals surface area (Å²) in [6.07, 6.45) is 5.71. The van der Waals surface area contributed by atoms with Crippen molar-refractivity contribution in [2.75, 3.05) is 18.0 Å². The van der Waals surface area contributed by atoms with Crippen LogP contribution in [0.2, 0.25) is 5.02 Å². The first-order valence-electron chi connectivity index (χ1n) is 10.4. The van der Waals surface area contributed by atoms with E-state index in [-0.39, 0.29) is 11.8 Å². The molecule has 0 spiro atoms. The van der Waals surface area contributed by atoms with E-state index in [1.165, 1.54) is 0 Å². The lowest BCUT2D eigenvalue weighted by Gasteiger charge is -2.29. The summed E-state index contributed by atoms with van der Waals surface area (Å²) in [5, 5.41) is 0.672. The fourth-order valence-electron chi connectivity index (χ4n) is 3.84. The van der Waals surface area contributed by atoms with Gasteiger partial charge in [0, 0.05) is 37.3 Å². The van der Waals surface area contributed by atoms with E-state index in [9.17, 15) is 9.59 Å². The summed E-state index contributed by atoms with van der Waals surface area (Å²) in [5.41, 5.74) is 2.90. The van der Waals surface area contributed by atoms with Crippen LogP contribution in [0.3, 0.4) is 0 Å². The first kappa shape index (κ1) is 21.4. The second kappa shape index (κ2) is 10.4. The monoisotopic (exact) mass is 412 g/mol. The zero-order valence-corrected chi connectivity index (χ0v) is 17.8. The lowest BCUT2D eigenvalue weighted by Crippen LogP contribution is -2.35. The second-order valence-corrected chi connectivity index (χ2v) is 8.12. The number of hydrogen-bond donors (Lipinski definition) is 0. The Bertz CT molecular complexity index is 835. The Morgan fingerprint density at radius 2 is 1.55 bits per heavy atom. The normalized spacial score (nSPS) is 15.8. The summed E-state index contributed by atoms with van der Waals surface area (Å²) in [7, 11) is 0. The van der Waals surface area contributed by atoms with Crippen molar-refractivity contribution in [3.8, 4) is 0 Å². The molecule has 154 valence electrons. The van der Waals surface area contributed by atoms with Crippen molar-refractivity contribution in [1.29, 1.82) is 0 Å². The number of amides is 2. The van der Waals surface area contributed by atoms with Gasteiger partial charge in [-0.15, -0.1) is 0 Å². The van der Waals surface area contributed by atoms with E-state index in [0.29, 0.717) is 18.0 Å². The van der Waals surface area contributed by atoms with E-state index in [4.69, 9.17) is 11.6 Å². The molecule has 1 aliphatic rings. The molecule has 0 aliphatic carbocycles. The molecule has 1 aliphatic heterocycles. The topological polar surface area (TPSA) is 40.6 Å². The van der Waals surface area contributed by atoms with Crippen LogP contribution in [0.1, 0.15) is 50.2 Å². The van der Waals surface area contributed by atoms with Crippen LogP contribution in [0.25, 0.3) is 0 Å². The highest BCUT2D eigenvalue weighted by molar-refractivity contribution is 6.30. The molecule has 5 heteroatoms. The Morgan fingerprint density at radius 1 is 0.897 bits per heavy atom. The van der Waals surface area contributed by atoms with Crippen molar-refractivity contribution in [3.63, 3.8) is 0 Å². The molecular weight excluding hydrogens is 384 g/mol. The van der Waals surface area contributed by atoms with Gasteiger partial charge in [0.05, 0.1) is 6.42 Å². The highest BCUT2D eigenvalue weighted by Crippen LogP contribution is 2.24. The van der Waals surface area contributed by atoms with Gasteiger partial charge in [0.15, 0.2) is 0 Å². The van der Waals surface area contributed by atoms with E-state index in [1.54, 1.807) is 6.92 Å². The van der Waals surface area contributed by atoms with Crippen LogP contribution < -0.4 is 4.90 Å². The predicted molar refractivity (Wildman–Crippen MR) is 118 cm³/mol. The molecule has 0 unspecified atom stereocenters. The molecule has 4 nitrogen and oxygen atoms in total. The van der Waals surface area contributed by atoms with Crippen molar-refractivity contribution in [3.05, 3.63) is 64.7 Å². The molecule has 0 atom stereocenters. The van der Waals surface area contributed by atoms with Crippen LogP contribution in [0.4, 0.5) is 5.69 Å². The van der Waals surface area contributed by atoms with Crippen molar-refractivity contribution in [2.24, 2.45) is 0 Å². The third-order valence-corrected chi connectivity index (χ3v) is 5.71. The van der Waals surface area contributed by atoms with Gasteiger partial charge in [-0.2, -0.15) is 0 Å². The van der Waals surface area contributed by atoms with E-state index >= 15 is 0 Å². The van der Waals surface area contributed by atoms with Crippen LogP contribution in [0.15, 0.2) is 48.5 Å². The van der Waals surface area contributed by atoms with Crippen molar-refractivity contribution >= 4 is 29.1 Å². The summed E-state index contributed by atoms with van der Waals surface area (Å²) in [6.45, 7) is 3.60. The van der Waals surface area contributed by atoms with Gasteiger partial charge in [-0.3, -0.25) is 9.59 Å². The molecule has 2 amide bonds. The minimum atomic E-state index is 0.0496. The number of carbonyl (C=O) groups is 2. The van der Waals surface area contributed by atoms with Crippen LogP contribution in [0.5, 0.6) is 0 Å². The van der Waals surface area contributed by atoms with Gasteiger partial charge in [0.2, 0.25) is 11.8 Å². The molecule has 0 radical (unpaired) electrons. The molecule has 0 saturated heterocycles. The van der Waals surface area contributed by atoms with Crippen molar-refractivity contribution in [2.45, 2.75) is 52.0 Å². The van der Waals surface area contributed by atoms with E-state index in [2.05, 4.69) is 0 Å². The number of hydrogen-bond acceptors (Lipinski definition) is 2. The summed E-state index contributed by atoms with van der Waals surface area (Å²) < 4.78 is 0. The van der Waals surface area contributed by atoms with Crippen LogP contribution in [0, 0.1) is 0 Å². The van der Waals surface area contributed by atoms with Gasteiger partial charge in [0.1, 0.15) is 0 Å². The number of benzene rings is 2. The standard InChI is InChI=1S/C24H29ClN2O2/c1-19(28)27-16-8-4-2-3-7-15-26(18-21-9-5-6-10-23(21)27)24(29)17-20-11-13-22(25)14-12-20/h5-6,9-14H,2-4,7-8,15-18H2,1H3. The maximum atomic E-state index is 13.1. The third kappa shape index (κ3) is 6.07. The molecule has 0 saturated carbocycles. The lowest BCUT2D eigenvalue weighted by atomic mass is 10.1. The van der Waals surface area contributed by atoms with Crippen molar-refractivity contribution < 1.29 is 9.59 Å². The lowest BCUT2D eigenvalue weighted by molar-refractivity contribution is -0.131. The van der Waals surface area contributed by atoms with Crippen LogP contribution in [-0.4, -0.2) is 29.8 Å². The SMILES string of the molecule is CC(=O)N1CCCCCCCN(C(=O)Cc2ccc(Cl)cc2)Cc2ccccc21. The van der Waals surface area contributed by atoms with E-state index < -0.39 is 0 Å².